The normalized spacial score (nSPS) is 19.1. The number of hydrogen-bond acceptors (Lipinski definition) is 3. The van der Waals surface area contributed by atoms with Crippen LogP contribution in [0.25, 0.3) is 0 Å². The predicted molar refractivity (Wildman–Crippen MR) is 57.9 cm³/mol. The van der Waals surface area contributed by atoms with Gasteiger partial charge < -0.3 is 15.8 Å². The summed E-state index contributed by atoms with van der Waals surface area (Å²) in [4.78, 5) is 11.6. The molecule has 0 spiro atoms. The Morgan fingerprint density at radius 1 is 1.53 bits per heavy atom. The number of benzene rings is 1. The molecule has 1 aromatic rings. The fourth-order valence-corrected chi connectivity index (χ4v) is 1.61. The smallest absolute Gasteiger partial charge is 0.265 e. The van der Waals surface area contributed by atoms with Gasteiger partial charge in [0, 0.05) is 6.42 Å². The zero-order valence-corrected chi connectivity index (χ0v) is 8.62. The van der Waals surface area contributed by atoms with Gasteiger partial charge in [-0.1, -0.05) is 6.07 Å². The summed E-state index contributed by atoms with van der Waals surface area (Å²) in [6.07, 6.45) is 0.0873. The number of anilines is 1. The number of ether oxygens (including phenoxy) is 1. The summed E-state index contributed by atoms with van der Waals surface area (Å²) in [5, 5.41) is 2.82. The molecule has 0 aliphatic carbocycles. The number of fused-ring (bicyclic) bond motifs is 1. The monoisotopic (exact) mass is 206 g/mol. The lowest BCUT2D eigenvalue weighted by Crippen LogP contribution is -2.38. The quantitative estimate of drug-likeness (QED) is 0.760. The van der Waals surface area contributed by atoms with Gasteiger partial charge in [-0.3, -0.25) is 4.79 Å². The van der Waals surface area contributed by atoms with Crippen molar-refractivity contribution in [3.05, 3.63) is 23.8 Å². The van der Waals surface area contributed by atoms with E-state index in [1.807, 2.05) is 25.1 Å². The Kier molecular flexibility index (Phi) is 2.60. The van der Waals surface area contributed by atoms with Crippen LogP contribution in [0.4, 0.5) is 5.69 Å². The highest BCUT2D eigenvalue weighted by molar-refractivity contribution is 5.97. The van der Waals surface area contributed by atoms with E-state index in [9.17, 15) is 4.79 Å². The first-order valence-electron chi connectivity index (χ1n) is 4.99. The second-order valence-electron chi connectivity index (χ2n) is 3.67. The largest absolute Gasteiger partial charge is 0.478 e. The van der Waals surface area contributed by atoms with Crippen LogP contribution in [0.3, 0.4) is 0 Å². The Morgan fingerprint density at radius 3 is 3.07 bits per heavy atom. The maximum atomic E-state index is 11.6. The van der Waals surface area contributed by atoms with Crippen molar-refractivity contribution < 1.29 is 9.53 Å². The number of nitrogens with two attached hydrogens (primary N) is 1. The minimum Gasteiger partial charge on any atom is -0.478 e. The van der Waals surface area contributed by atoms with Gasteiger partial charge >= 0.3 is 0 Å². The van der Waals surface area contributed by atoms with Crippen molar-refractivity contribution in [2.24, 2.45) is 5.73 Å². The molecule has 1 atom stereocenters. The SMILES string of the molecule is Cc1ccc2c(c1)NC(=O)C(CCN)O2. The Labute approximate surface area is 88.4 Å². The molecule has 2 rings (SSSR count). The van der Waals surface area contributed by atoms with E-state index in [-0.39, 0.29) is 5.91 Å². The van der Waals surface area contributed by atoms with Gasteiger partial charge in [-0.05, 0) is 31.2 Å². The van der Waals surface area contributed by atoms with Crippen molar-refractivity contribution in [3.8, 4) is 5.75 Å². The fraction of sp³-hybridized carbons (Fsp3) is 0.364. The van der Waals surface area contributed by atoms with Crippen LogP contribution in [0, 0.1) is 6.92 Å². The lowest BCUT2D eigenvalue weighted by molar-refractivity contribution is -0.123. The van der Waals surface area contributed by atoms with Crippen molar-refractivity contribution in [1.29, 1.82) is 0 Å². The minimum atomic E-state index is -0.454. The molecule has 80 valence electrons. The van der Waals surface area contributed by atoms with Crippen molar-refractivity contribution in [2.45, 2.75) is 19.4 Å². The first kappa shape index (κ1) is 9.98. The van der Waals surface area contributed by atoms with E-state index in [0.717, 1.165) is 17.0 Å². The number of hydrogen-bond donors (Lipinski definition) is 2. The first-order chi connectivity index (χ1) is 7.20. The molecule has 0 fully saturated rings. The van der Waals surface area contributed by atoms with Crippen LogP contribution in [0.5, 0.6) is 5.75 Å². The van der Waals surface area contributed by atoms with Gasteiger partial charge in [0.1, 0.15) is 5.75 Å². The number of amides is 1. The highest BCUT2D eigenvalue weighted by Crippen LogP contribution is 2.30. The molecule has 1 amide bonds. The average molecular weight is 206 g/mol. The molecule has 1 unspecified atom stereocenters. The van der Waals surface area contributed by atoms with Crippen LogP contribution < -0.4 is 15.8 Å². The third-order valence-electron chi connectivity index (χ3n) is 2.38. The zero-order chi connectivity index (χ0) is 10.8. The Balaban J connectivity index is 2.26. The van der Waals surface area contributed by atoms with E-state index < -0.39 is 6.10 Å². The number of rotatable bonds is 2. The standard InChI is InChI=1S/C11H14N2O2/c1-7-2-3-9-8(6-7)13-11(14)10(15-9)4-5-12/h2-3,6,10H,4-5,12H2,1H3,(H,13,14). The third-order valence-corrected chi connectivity index (χ3v) is 2.38. The van der Waals surface area contributed by atoms with Crippen molar-refractivity contribution in [2.75, 3.05) is 11.9 Å². The number of nitrogens with one attached hydrogen (secondary N) is 1. The topological polar surface area (TPSA) is 64.4 Å². The van der Waals surface area contributed by atoms with Gasteiger partial charge in [-0.15, -0.1) is 0 Å². The molecule has 1 heterocycles. The van der Waals surface area contributed by atoms with Gasteiger partial charge in [-0.25, -0.2) is 0 Å². The summed E-state index contributed by atoms with van der Waals surface area (Å²) in [7, 11) is 0. The summed E-state index contributed by atoms with van der Waals surface area (Å²) in [5.74, 6) is 0.609. The lowest BCUT2D eigenvalue weighted by atomic mass is 10.1. The molecule has 1 aliphatic rings. The Hall–Kier alpha value is -1.55. The average Bonchev–Trinajstić information content (AvgIpc) is 2.20. The van der Waals surface area contributed by atoms with Crippen LogP contribution in [0.2, 0.25) is 0 Å². The van der Waals surface area contributed by atoms with Crippen LogP contribution in [-0.2, 0) is 4.79 Å². The second kappa shape index (κ2) is 3.90. The first-order valence-corrected chi connectivity index (χ1v) is 4.99. The molecule has 0 bridgehead atoms. The molecule has 0 radical (unpaired) electrons. The second-order valence-corrected chi connectivity index (χ2v) is 3.67. The fourth-order valence-electron chi connectivity index (χ4n) is 1.61. The van der Waals surface area contributed by atoms with E-state index >= 15 is 0 Å². The van der Waals surface area contributed by atoms with Crippen molar-refractivity contribution in [3.63, 3.8) is 0 Å². The maximum Gasteiger partial charge on any atom is 0.265 e. The van der Waals surface area contributed by atoms with E-state index in [1.165, 1.54) is 0 Å². The van der Waals surface area contributed by atoms with E-state index in [4.69, 9.17) is 10.5 Å². The van der Waals surface area contributed by atoms with Crippen LogP contribution in [-0.4, -0.2) is 18.6 Å². The minimum absolute atomic E-state index is 0.112. The molecule has 1 aliphatic heterocycles. The van der Waals surface area contributed by atoms with Crippen LogP contribution >= 0.6 is 0 Å². The number of aryl methyl sites for hydroxylation is 1. The van der Waals surface area contributed by atoms with E-state index in [1.54, 1.807) is 0 Å². The van der Waals surface area contributed by atoms with Gasteiger partial charge in [0.2, 0.25) is 0 Å². The van der Waals surface area contributed by atoms with Gasteiger partial charge in [0.05, 0.1) is 5.69 Å². The summed E-state index contributed by atoms with van der Waals surface area (Å²) >= 11 is 0. The molecule has 0 aromatic heterocycles. The molecule has 4 nitrogen and oxygen atoms in total. The van der Waals surface area contributed by atoms with Gasteiger partial charge in [0.15, 0.2) is 6.10 Å². The Morgan fingerprint density at radius 2 is 2.33 bits per heavy atom. The molecule has 0 saturated heterocycles. The molecule has 1 aromatic carbocycles. The van der Waals surface area contributed by atoms with Gasteiger partial charge in [-0.2, -0.15) is 0 Å². The maximum absolute atomic E-state index is 11.6. The molecule has 0 saturated carbocycles. The Bertz CT molecular complexity index is 390. The summed E-state index contributed by atoms with van der Waals surface area (Å²) in [5.41, 5.74) is 7.24. The van der Waals surface area contributed by atoms with Gasteiger partial charge in [0.25, 0.3) is 5.91 Å². The summed E-state index contributed by atoms with van der Waals surface area (Å²) < 4.78 is 5.55. The lowest BCUT2D eigenvalue weighted by Gasteiger charge is -2.25. The highest BCUT2D eigenvalue weighted by Gasteiger charge is 2.26. The van der Waals surface area contributed by atoms with Crippen LogP contribution in [0.15, 0.2) is 18.2 Å². The third kappa shape index (κ3) is 1.94. The van der Waals surface area contributed by atoms with E-state index in [2.05, 4.69) is 5.32 Å². The number of carbonyl (C=O) groups is 1. The molecular formula is C11H14N2O2. The summed E-state index contributed by atoms with van der Waals surface area (Å²) in [6.45, 7) is 2.41. The molecule has 3 N–H and O–H groups in total. The number of carbonyl (C=O) groups excluding carboxylic acids is 1. The van der Waals surface area contributed by atoms with Crippen molar-refractivity contribution >= 4 is 11.6 Å². The highest BCUT2D eigenvalue weighted by atomic mass is 16.5. The molecular weight excluding hydrogens is 192 g/mol. The molecule has 15 heavy (non-hydrogen) atoms. The van der Waals surface area contributed by atoms with Crippen LogP contribution in [0.1, 0.15) is 12.0 Å². The summed E-state index contributed by atoms with van der Waals surface area (Å²) in [6, 6.07) is 5.72. The van der Waals surface area contributed by atoms with E-state index in [0.29, 0.717) is 13.0 Å². The zero-order valence-electron chi connectivity index (χ0n) is 8.62. The predicted octanol–water partition coefficient (Wildman–Crippen LogP) is 1.04. The molecule has 4 heteroatoms. The van der Waals surface area contributed by atoms with Crippen molar-refractivity contribution in [1.82, 2.24) is 0 Å².